The van der Waals surface area contributed by atoms with E-state index in [1.165, 1.54) is 21.3 Å². The molecule has 0 aromatic carbocycles. The van der Waals surface area contributed by atoms with E-state index >= 15 is 0 Å². The second kappa shape index (κ2) is 20.0. The summed E-state index contributed by atoms with van der Waals surface area (Å²) in [6, 6.07) is 2.12. The van der Waals surface area contributed by atoms with Crippen molar-refractivity contribution in [1.29, 1.82) is 5.53 Å². The number of thioether (sulfide) groups is 1. The Bertz CT molecular complexity index is 2070. The number of amides is 2. The van der Waals surface area contributed by atoms with Gasteiger partial charge in [-0.25, -0.2) is 25.5 Å². The molecule has 0 spiro atoms. The minimum absolute atomic E-state index is 0.0861. The van der Waals surface area contributed by atoms with Gasteiger partial charge >= 0.3 is 0 Å². The van der Waals surface area contributed by atoms with Crippen LogP contribution in [0.2, 0.25) is 0 Å². The normalized spacial score (nSPS) is 17.8. The van der Waals surface area contributed by atoms with Crippen LogP contribution in [0.15, 0.2) is 40.6 Å². The largest absolute Gasteiger partial charge is 0.389 e. The van der Waals surface area contributed by atoms with Crippen LogP contribution in [-0.4, -0.2) is 73.7 Å². The smallest absolute Gasteiger partial charge is 0.225 e. The van der Waals surface area contributed by atoms with Crippen molar-refractivity contribution in [2.24, 2.45) is 22.9 Å². The number of unbranched alkanes of at least 4 members (excludes halogenated alkanes) is 2. The van der Waals surface area contributed by atoms with Gasteiger partial charge in [-0.2, -0.15) is 5.11 Å². The SMILES string of the molecule is CCCCc1nc2c(N)nc3cc(C)sc3c2n1CC1CCN(C(=O)C2CCC(CN/C=C(/CNC(=O)CCCC#Cc3cnc(SC)nc3)N=N)CC2)CC1. The maximum Gasteiger partial charge on any atom is 0.225 e. The number of nitrogens with zero attached hydrogens (tertiary/aromatic N) is 7. The highest BCUT2D eigenvalue weighted by Crippen LogP contribution is 2.36. The van der Waals surface area contributed by atoms with E-state index < -0.39 is 0 Å². The van der Waals surface area contributed by atoms with Crippen molar-refractivity contribution in [2.75, 3.05) is 38.2 Å². The quantitative estimate of drug-likeness (QED) is 0.0299. The van der Waals surface area contributed by atoms with Crippen LogP contribution >= 0.6 is 23.1 Å². The molecule has 2 fully saturated rings. The Labute approximate surface area is 338 Å². The van der Waals surface area contributed by atoms with Crippen molar-refractivity contribution in [3.8, 4) is 11.8 Å². The van der Waals surface area contributed by atoms with Crippen molar-refractivity contribution in [1.82, 2.24) is 40.0 Å². The Morgan fingerprint density at radius 1 is 1.11 bits per heavy atom. The summed E-state index contributed by atoms with van der Waals surface area (Å²) in [7, 11) is 0. The lowest BCUT2D eigenvalue weighted by Gasteiger charge is -2.36. The van der Waals surface area contributed by atoms with Gasteiger partial charge in [0.05, 0.1) is 33.5 Å². The number of hydrogen-bond acceptors (Lipinski definition) is 12. The molecule has 5 N–H and O–H groups in total. The fourth-order valence-corrected chi connectivity index (χ4v) is 9.09. The van der Waals surface area contributed by atoms with E-state index in [0.29, 0.717) is 53.7 Å². The number of aryl methyl sites for hydroxylation is 2. The van der Waals surface area contributed by atoms with E-state index in [2.05, 4.69) is 71.9 Å². The van der Waals surface area contributed by atoms with E-state index in [1.807, 2.05) is 6.26 Å². The molecule has 0 bridgehead atoms. The molecule has 4 aromatic rings. The molecule has 56 heavy (non-hydrogen) atoms. The maximum atomic E-state index is 13.6. The van der Waals surface area contributed by atoms with Gasteiger partial charge in [0, 0.05) is 74.8 Å². The van der Waals surface area contributed by atoms with Gasteiger partial charge in [-0.3, -0.25) is 9.59 Å². The number of nitrogens with one attached hydrogen (secondary N) is 3. The van der Waals surface area contributed by atoms with Crippen LogP contribution in [-0.2, 0) is 22.6 Å². The fraction of sp³-hybridized carbons (Fsp3) is 0.561. The number of imidazole rings is 1. The second-order valence-electron chi connectivity index (χ2n) is 15.0. The van der Waals surface area contributed by atoms with Gasteiger partial charge in [0.1, 0.15) is 11.3 Å². The zero-order chi connectivity index (χ0) is 39.4. The number of likely N-dealkylation sites (tertiary alicyclic amines) is 1. The van der Waals surface area contributed by atoms with Crippen molar-refractivity contribution >= 4 is 62.0 Å². The molecule has 4 aromatic heterocycles. The van der Waals surface area contributed by atoms with E-state index in [4.69, 9.17) is 16.2 Å². The third kappa shape index (κ3) is 10.6. The van der Waals surface area contributed by atoms with Gasteiger partial charge in [-0.15, -0.1) is 11.3 Å². The highest BCUT2D eigenvalue weighted by atomic mass is 32.2. The number of fused-ring (bicyclic) bond motifs is 3. The summed E-state index contributed by atoms with van der Waals surface area (Å²) in [5.41, 5.74) is 18.1. The van der Waals surface area contributed by atoms with Gasteiger partial charge in [0.25, 0.3) is 0 Å². The summed E-state index contributed by atoms with van der Waals surface area (Å²) in [5, 5.41) is 10.5. The number of rotatable bonds is 16. The molecule has 0 unspecified atom stereocenters. The van der Waals surface area contributed by atoms with E-state index in [-0.39, 0.29) is 18.4 Å². The first-order valence-corrected chi connectivity index (χ1v) is 22.0. The summed E-state index contributed by atoms with van der Waals surface area (Å²) in [4.78, 5) is 47.4. The third-order valence-electron chi connectivity index (χ3n) is 10.9. The third-order valence-corrected chi connectivity index (χ3v) is 12.6. The molecule has 0 radical (unpaired) electrons. The number of nitrogen functional groups attached to an aromatic ring is 1. The molecule has 6 rings (SSSR count). The lowest BCUT2D eigenvalue weighted by atomic mass is 9.81. The Hall–Kier alpha value is -4.55. The first kappa shape index (κ1) is 41.1. The number of piperidine rings is 1. The molecular weight excluding hydrogens is 743 g/mol. The van der Waals surface area contributed by atoms with Crippen molar-refractivity contribution in [3.05, 3.63) is 46.6 Å². The second-order valence-corrected chi connectivity index (χ2v) is 17.1. The molecule has 13 nitrogen and oxygen atoms in total. The molecule has 2 aliphatic rings. The van der Waals surface area contributed by atoms with Gasteiger partial charge in [-0.05, 0) is 82.4 Å². The Morgan fingerprint density at radius 3 is 2.59 bits per heavy atom. The Morgan fingerprint density at radius 2 is 1.88 bits per heavy atom. The highest BCUT2D eigenvalue weighted by molar-refractivity contribution is 7.98. The number of carbonyl (C=O) groups excluding carboxylic acids is 2. The number of nitrogens with two attached hydrogens (primary N) is 1. The van der Waals surface area contributed by atoms with Gasteiger partial charge < -0.3 is 25.8 Å². The van der Waals surface area contributed by atoms with Crippen molar-refractivity contribution < 1.29 is 9.59 Å². The maximum absolute atomic E-state index is 13.6. The predicted octanol–water partition coefficient (Wildman–Crippen LogP) is 7.24. The van der Waals surface area contributed by atoms with Crippen LogP contribution in [0.3, 0.4) is 0 Å². The lowest BCUT2D eigenvalue weighted by molar-refractivity contribution is -0.138. The standard InChI is InChI=1S/C41H55N11O2S2/c1-4-5-10-34-49-36-37(38-33(48-39(36)42)20-27(2)56-38)52(34)26-29-16-18-51(19-17-29)40(54)31-14-12-28(13-15-31)21-44-24-32(50-43)25-45-35(53)11-8-6-7-9-30-22-46-41(55-3)47-23-30/h20,22-24,28-29,31,43-44H,4-6,8,10-19,21,25-26H2,1-3H3,(H2,42,48)(H,45,53)/b32-24-,50-43?. The first-order chi connectivity index (χ1) is 27.3. The Balaban J connectivity index is 0.900. The highest BCUT2D eigenvalue weighted by Gasteiger charge is 2.32. The summed E-state index contributed by atoms with van der Waals surface area (Å²) >= 11 is 3.25. The molecular formula is C41H55N11O2S2. The van der Waals surface area contributed by atoms with Gasteiger partial charge in [0.15, 0.2) is 11.0 Å². The molecule has 0 atom stereocenters. The molecule has 5 heterocycles. The number of aromatic nitrogens is 5. The van der Waals surface area contributed by atoms with Crippen LogP contribution in [0.5, 0.6) is 0 Å². The summed E-state index contributed by atoms with van der Waals surface area (Å²) in [6.07, 6.45) is 17.5. The fourth-order valence-electron chi connectivity index (χ4n) is 7.76. The van der Waals surface area contributed by atoms with E-state index in [9.17, 15) is 9.59 Å². The van der Waals surface area contributed by atoms with Crippen LogP contribution in [0, 0.1) is 42.0 Å². The number of hydrogen-bond donors (Lipinski definition) is 4. The van der Waals surface area contributed by atoms with Crippen LogP contribution < -0.4 is 16.4 Å². The first-order valence-electron chi connectivity index (χ1n) is 20.0. The average molecular weight is 798 g/mol. The van der Waals surface area contributed by atoms with Crippen molar-refractivity contribution in [2.45, 2.75) is 103 Å². The van der Waals surface area contributed by atoms with Crippen LogP contribution in [0.4, 0.5) is 5.82 Å². The van der Waals surface area contributed by atoms with Gasteiger partial charge in [-0.1, -0.05) is 36.9 Å². The molecule has 1 saturated carbocycles. The topological polar surface area (TPSA) is 180 Å². The minimum atomic E-state index is -0.0946. The van der Waals surface area contributed by atoms with E-state index in [1.54, 1.807) is 29.9 Å². The zero-order valence-electron chi connectivity index (χ0n) is 32.9. The monoisotopic (exact) mass is 797 g/mol. The average Bonchev–Trinajstić information content (AvgIpc) is 3.77. The predicted molar refractivity (Wildman–Crippen MR) is 224 cm³/mol. The minimum Gasteiger partial charge on any atom is -0.389 e. The number of carbonyl (C=O) groups is 2. The summed E-state index contributed by atoms with van der Waals surface area (Å²) in [6.45, 7) is 7.77. The van der Waals surface area contributed by atoms with Crippen LogP contribution in [0.1, 0.15) is 93.8 Å². The molecule has 1 saturated heterocycles. The lowest BCUT2D eigenvalue weighted by Crippen LogP contribution is -2.43. The summed E-state index contributed by atoms with van der Waals surface area (Å²) < 4.78 is 3.59. The van der Waals surface area contributed by atoms with E-state index in [0.717, 1.165) is 112 Å². The van der Waals surface area contributed by atoms with Gasteiger partial charge in [0.2, 0.25) is 11.8 Å². The summed E-state index contributed by atoms with van der Waals surface area (Å²) in [5.74, 6) is 8.93. The number of thiophene rings is 1. The molecule has 1 aliphatic carbocycles. The molecule has 298 valence electrons. The number of pyridine rings is 1. The van der Waals surface area contributed by atoms with Crippen LogP contribution in [0.25, 0.3) is 21.3 Å². The van der Waals surface area contributed by atoms with Crippen molar-refractivity contribution in [3.63, 3.8) is 0 Å². The number of anilines is 1. The zero-order valence-corrected chi connectivity index (χ0v) is 34.5. The Kier molecular flexibility index (Phi) is 14.7. The molecule has 2 amide bonds. The molecule has 1 aliphatic heterocycles. The molecule has 15 heteroatoms.